The minimum atomic E-state index is -0.223. The maximum Gasteiger partial charge on any atom is 0.237 e. The van der Waals surface area contributed by atoms with Gasteiger partial charge in [0.1, 0.15) is 5.75 Å². The number of amides is 1. The Bertz CT molecular complexity index is 671. The van der Waals surface area contributed by atoms with Crippen molar-refractivity contribution in [2.75, 3.05) is 13.7 Å². The third-order valence-electron chi connectivity index (χ3n) is 4.09. The summed E-state index contributed by atoms with van der Waals surface area (Å²) in [6, 6.07) is 15.2. The lowest BCUT2D eigenvalue weighted by molar-refractivity contribution is -0.125. The van der Waals surface area contributed by atoms with Crippen LogP contribution in [0.3, 0.4) is 0 Å². The van der Waals surface area contributed by atoms with Gasteiger partial charge in [0.05, 0.1) is 12.6 Å². The number of ether oxygens (including phenoxy) is 1. The predicted molar refractivity (Wildman–Crippen MR) is 102 cm³/mol. The van der Waals surface area contributed by atoms with E-state index in [0.717, 1.165) is 16.9 Å². The average Bonchev–Trinajstić information content (AvgIpc) is 2.62. The second kappa shape index (κ2) is 9.44. The summed E-state index contributed by atoms with van der Waals surface area (Å²) in [5.74, 6) is 0.867. The molecule has 0 aliphatic carbocycles. The summed E-state index contributed by atoms with van der Waals surface area (Å²) in [7, 11) is 1.95. The van der Waals surface area contributed by atoms with Crippen LogP contribution in [0.4, 0.5) is 0 Å². The van der Waals surface area contributed by atoms with Crippen LogP contribution in [0.5, 0.6) is 5.75 Å². The molecular formula is C20H25ClN2O2. The molecule has 4 nitrogen and oxygen atoms in total. The highest BCUT2D eigenvalue weighted by Crippen LogP contribution is 2.14. The number of hydrogen-bond acceptors (Lipinski definition) is 3. The molecule has 5 heteroatoms. The number of carbonyl (C=O) groups is 1. The van der Waals surface area contributed by atoms with E-state index in [4.69, 9.17) is 16.3 Å². The van der Waals surface area contributed by atoms with Crippen molar-refractivity contribution >= 4 is 17.5 Å². The summed E-state index contributed by atoms with van der Waals surface area (Å²) >= 11 is 5.87. The molecule has 134 valence electrons. The van der Waals surface area contributed by atoms with E-state index in [9.17, 15) is 4.79 Å². The molecule has 0 aliphatic rings. The highest BCUT2D eigenvalue weighted by molar-refractivity contribution is 6.30. The van der Waals surface area contributed by atoms with Crippen molar-refractivity contribution in [2.24, 2.45) is 0 Å². The van der Waals surface area contributed by atoms with Crippen LogP contribution < -0.4 is 10.1 Å². The standard InChI is InChI=1S/C20H25ClN2O2/c1-4-25-19-11-7-17(8-12-19)14-23(3)15(2)20(24)22-13-16-5-9-18(21)10-6-16/h5-12,15H,4,13-14H2,1-3H3,(H,22,24). The highest BCUT2D eigenvalue weighted by atomic mass is 35.5. The molecule has 1 amide bonds. The van der Waals surface area contributed by atoms with Gasteiger partial charge in [-0.15, -0.1) is 0 Å². The first-order valence-electron chi connectivity index (χ1n) is 8.43. The van der Waals surface area contributed by atoms with Crippen LogP contribution in [-0.4, -0.2) is 30.5 Å². The minimum absolute atomic E-state index is 0.00314. The van der Waals surface area contributed by atoms with Crippen LogP contribution >= 0.6 is 11.6 Å². The van der Waals surface area contributed by atoms with E-state index in [1.165, 1.54) is 0 Å². The van der Waals surface area contributed by atoms with Crippen molar-refractivity contribution in [2.45, 2.75) is 33.0 Å². The Hall–Kier alpha value is -2.04. The number of likely N-dealkylation sites (N-methyl/N-ethyl adjacent to an activating group) is 1. The lowest BCUT2D eigenvalue weighted by Gasteiger charge is -2.24. The summed E-state index contributed by atoms with van der Waals surface area (Å²) in [5.41, 5.74) is 2.17. The number of hydrogen-bond donors (Lipinski definition) is 1. The van der Waals surface area contributed by atoms with Crippen LogP contribution in [-0.2, 0) is 17.9 Å². The second-order valence-corrected chi connectivity index (χ2v) is 6.45. The van der Waals surface area contributed by atoms with E-state index < -0.39 is 0 Å². The molecule has 0 bridgehead atoms. The molecule has 0 saturated heterocycles. The molecule has 0 saturated carbocycles. The van der Waals surface area contributed by atoms with Crippen LogP contribution in [0.15, 0.2) is 48.5 Å². The number of nitrogens with one attached hydrogen (secondary N) is 1. The fraction of sp³-hybridized carbons (Fsp3) is 0.350. The largest absolute Gasteiger partial charge is 0.494 e. The van der Waals surface area contributed by atoms with Gasteiger partial charge in [-0.25, -0.2) is 0 Å². The van der Waals surface area contributed by atoms with Gasteiger partial charge >= 0.3 is 0 Å². The molecule has 2 aromatic carbocycles. The molecule has 1 N–H and O–H groups in total. The molecule has 1 unspecified atom stereocenters. The second-order valence-electron chi connectivity index (χ2n) is 6.01. The zero-order chi connectivity index (χ0) is 18.2. The predicted octanol–water partition coefficient (Wildman–Crippen LogP) is 3.88. The van der Waals surface area contributed by atoms with Gasteiger partial charge in [0.15, 0.2) is 0 Å². The fourth-order valence-electron chi connectivity index (χ4n) is 2.42. The molecule has 0 heterocycles. The summed E-state index contributed by atoms with van der Waals surface area (Å²) in [6.07, 6.45) is 0. The zero-order valence-corrected chi connectivity index (χ0v) is 15.7. The topological polar surface area (TPSA) is 41.6 Å². The molecule has 0 spiro atoms. The first-order valence-corrected chi connectivity index (χ1v) is 8.81. The molecule has 25 heavy (non-hydrogen) atoms. The van der Waals surface area contributed by atoms with Crippen molar-refractivity contribution < 1.29 is 9.53 Å². The van der Waals surface area contributed by atoms with Gasteiger partial charge in [-0.2, -0.15) is 0 Å². The molecular weight excluding hydrogens is 336 g/mol. The smallest absolute Gasteiger partial charge is 0.237 e. The summed E-state index contributed by atoms with van der Waals surface area (Å²) in [6.45, 7) is 5.72. The number of carbonyl (C=O) groups excluding carboxylic acids is 1. The van der Waals surface area contributed by atoms with Crippen LogP contribution in [0.25, 0.3) is 0 Å². The van der Waals surface area contributed by atoms with E-state index in [1.54, 1.807) is 0 Å². The Morgan fingerprint density at radius 1 is 1.12 bits per heavy atom. The van der Waals surface area contributed by atoms with Gasteiger partial charge in [0.2, 0.25) is 5.91 Å². The van der Waals surface area contributed by atoms with E-state index in [1.807, 2.05) is 74.3 Å². The van der Waals surface area contributed by atoms with E-state index in [-0.39, 0.29) is 11.9 Å². The summed E-state index contributed by atoms with van der Waals surface area (Å²) < 4.78 is 5.45. The highest BCUT2D eigenvalue weighted by Gasteiger charge is 2.17. The molecule has 0 radical (unpaired) electrons. The Morgan fingerprint density at radius 2 is 1.72 bits per heavy atom. The lowest BCUT2D eigenvalue weighted by Crippen LogP contribution is -2.42. The van der Waals surface area contributed by atoms with E-state index in [0.29, 0.717) is 24.7 Å². The minimum Gasteiger partial charge on any atom is -0.494 e. The van der Waals surface area contributed by atoms with Gasteiger partial charge in [-0.3, -0.25) is 9.69 Å². The van der Waals surface area contributed by atoms with Crippen molar-refractivity contribution in [3.8, 4) is 5.75 Å². The third-order valence-corrected chi connectivity index (χ3v) is 4.34. The van der Waals surface area contributed by atoms with Gasteiger partial charge in [0, 0.05) is 18.1 Å². The SMILES string of the molecule is CCOc1ccc(CN(C)C(C)C(=O)NCc2ccc(Cl)cc2)cc1. The van der Waals surface area contributed by atoms with Crippen molar-refractivity contribution in [3.05, 3.63) is 64.7 Å². The maximum absolute atomic E-state index is 12.4. The molecule has 2 rings (SSSR count). The maximum atomic E-state index is 12.4. The summed E-state index contributed by atoms with van der Waals surface area (Å²) in [4.78, 5) is 14.4. The van der Waals surface area contributed by atoms with Crippen LogP contribution in [0, 0.1) is 0 Å². The first kappa shape index (κ1) is 19.3. The Balaban J connectivity index is 1.84. The first-order chi connectivity index (χ1) is 12.0. The molecule has 0 fully saturated rings. The zero-order valence-electron chi connectivity index (χ0n) is 15.0. The van der Waals surface area contributed by atoms with Crippen LogP contribution in [0.1, 0.15) is 25.0 Å². The Kier molecular flexibility index (Phi) is 7.29. The molecule has 0 aromatic heterocycles. The van der Waals surface area contributed by atoms with E-state index >= 15 is 0 Å². The van der Waals surface area contributed by atoms with E-state index in [2.05, 4.69) is 5.32 Å². The third kappa shape index (κ3) is 6.07. The molecule has 0 aliphatic heterocycles. The van der Waals surface area contributed by atoms with Crippen molar-refractivity contribution in [1.29, 1.82) is 0 Å². The summed E-state index contributed by atoms with van der Waals surface area (Å²) in [5, 5.41) is 3.66. The Morgan fingerprint density at radius 3 is 2.32 bits per heavy atom. The monoisotopic (exact) mass is 360 g/mol. The normalized spacial score (nSPS) is 12.0. The Labute approximate surface area is 154 Å². The molecule has 1 atom stereocenters. The quantitative estimate of drug-likeness (QED) is 0.776. The number of rotatable bonds is 8. The number of nitrogens with zero attached hydrogens (tertiary/aromatic N) is 1. The van der Waals surface area contributed by atoms with Gasteiger partial charge in [0.25, 0.3) is 0 Å². The average molecular weight is 361 g/mol. The van der Waals surface area contributed by atoms with Crippen molar-refractivity contribution in [1.82, 2.24) is 10.2 Å². The number of benzene rings is 2. The van der Waals surface area contributed by atoms with Gasteiger partial charge < -0.3 is 10.1 Å². The van der Waals surface area contributed by atoms with Gasteiger partial charge in [-0.1, -0.05) is 35.9 Å². The lowest BCUT2D eigenvalue weighted by atomic mass is 10.1. The van der Waals surface area contributed by atoms with Gasteiger partial charge in [-0.05, 0) is 56.3 Å². The van der Waals surface area contributed by atoms with Crippen molar-refractivity contribution in [3.63, 3.8) is 0 Å². The number of halogens is 1. The molecule has 2 aromatic rings. The van der Waals surface area contributed by atoms with Crippen LogP contribution in [0.2, 0.25) is 5.02 Å². The fourth-order valence-corrected chi connectivity index (χ4v) is 2.55.